The molecule has 0 aliphatic heterocycles. The first-order chi connectivity index (χ1) is 7.49. The number of nitrogens with zero attached hydrogens (tertiary/aromatic N) is 2. The Balaban J connectivity index is 2.29. The van der Waals surface area contributed by atoms with E-state index in [-0.39, 0.29) is 5.54 Å². The largest absolute Gasteiger partial charge is 0.365 e. The molecular formula is C13H17N3. The number of nitriles is 1. The van der Waals surface area contributed by atoms with Gasteiger partial charge in [0.2, 0.25) is 0 Å². The summed E-state index contributed by atoms with van der Waals surface area (Å²) in [7, 11) is 0. The van der Waals surface area contributed by atoms with E-state index in [0.717, 1.165) is 16.9 Å². The van der Waals surface area contributed by atoms with Crippen LogP contribution in [0.3, 0.4) is 0 Å². The Morgan fingerprint density at radius 3 is 2.62 bits per heavy atom. The van der Waals surface area contributed by atoms with Crippen molar-refractivity contribution in [1.29, 1.82) is 5.26 Å². The molecular weight excluding hydrogens is 198 g/mol. The fraction of sp³-hybridized carbons (Fsp3) is 0.538. The van der Waals surface area contributed by atoms with Crippen molar-refractivity contribution < 1.29 is 0 Å². The normalized spacial score (nSPS) is 15.6. The van der Waals surface area contributed by atoms with Crippen LogP contribution in [0.4, 0.5) is 5.82 Å². The number of aromatic nitrogens is 1. The molecule has 3 heteroatoms. The van der Waals surface area contributed by atoms with Crippen LogP contribution in [0.25, 0.3) is 0 Å². The van der Waals surface area contributed by atoms with Crippen LogP contribution in [0.1, 0.15) is 50.7 Å². The summed E-state index contributed by atoms with van der Waals surface area (Å²) < 4.78 is 0. The molecule has 0 amide bonds. The predicted molar refractivity (Wildman–Crippen MR) is 64.3 cm³/mol. The van der Waals surface area contributed by atoms with Crippen molar-refractivity contribution in [3.8, 4) is 6.07 Å². The van der Waals surface area contributed by atoms with Crippen LogP contribution in [-0.2, 0) is 0 Å². The van der Waals surface area contributed by atoms with E-state index in [0.29, 0.717) is 5.92 Å². The van der Waals surface area contributed by atoms with Crippen LogP contribution in [-0.4, -0.2) is 10.5 Å². The predicted octanol–water partition coefficient (Wildman–Crippen LogP) is 3.04. The highest BCUT2D eigenvalue weighted by Gasteiger charge is 2.27. The zero-order chi connectivity index (χ0) is 11.8. The van der Waals surface area contributed by atoms with Crippen LogP contribution in [0.2, 0.25) is 0 Å². The average molecular weight is 215 g/mol. The van der Waals surface area contributed by atoms with Gasteiger partial charge in [-0.1, -0.05) is 0 Å². The number of hydrogen-bond acceptors (Lipinski definition) is 3. The molecule has 0 atom stereocenters. The maximum absolute atomic E-state index is 9.01. The van der Waals surface area contributed by atoms with Gasteiger partial charge >= 0.3 is 0 Å². The monoisotopic (exact) mass is 215 g/mol. The Bertz CT molecular complexity index is 433. The molecule has 0 radical (unpaired) electrons. The first-order valence-corrected chi connectivity index (χ1v) is 5.68. The molecule has 3 nitrogen and oxygen atoms in total. The molecule has 1 fully saturated rings. The third-order valence-electron chi connectivity index (χ3n) is 2.58. The maximum atomic E-state index is 9.01. The molecule has 0 bridgehead atoms. The van der Waals surface area contributed by atoms with Crippen molar-refractivity contribution in [2.75, 3.05) is 5.32 Å². The van der Waals surface area contributed by atoms with Crippen LogP contribution < -0.4 is 5.32 Å². The molecule has 0 unspecified atom stereocenters. The van der Waals surface area contributed by atoms with E-state index in [2.05, 4.69) is 37.1 Å². The Morgan fingerprint density at radius 1 is 1.44 bits per heavy atom. The second-order valence-corrected chi connectivity index (χ2v) is 5.42. The number of pyridine rings is 1. The molecule has 1 saturated carbocycles. The Labute approximate surface area is 96.5 Å². The lowest BCUT2D eigenvalue weighted by atomic mass is 10.1. The second kappa shape index (κ2) is 3.79. The van der Waals surface area contributed by atoms with Crippen molar-refractivity contribution >= 4 is 5.82 Å². The molecule has 16 heavy (non-hydrogen) atoms. The lowest BCUT2D eigenvalue weighted by molar-refractivity contribution is 0.630. The van der Waals surface area contributed by atoms with Gasteiger partial charge in [-0.3, -0.25) is 0 Å². The Hall–Kier alpha value is -1.56. The lowest BCUT2D eigenvalue weighted by Crippen LogP contribution is -2.26. The van der Waals surface area contributed by atoms with Gasteiger partial charge in [-0.2, -0.15) is 5.26 Å². The number of nitrogens with one attached hydrogen (secondary N) is 1. The smallest absolute Gasteiger partial charge is 0.126 e. The van der Waals surface area contributed by atoms with Crippen molar-refractivity contribution in [3.63, 3.8) is 0 Å². The molecule has 1 aliphatic rings. The summed E-state index contributed by atoms with van der Waals surface area (Å²) in [6.45, 7) is 6.30. The average Bonchev–Trinajstić information content (AvgIpc) is 2.98. The fourth-order valence-electron chi connectivity index (χ4n) is 1.75. The van der Waals surface area contributed by atoms with Gasteiger partial charge in [0, 0.05) is 11.7 Å². The van der Waals surface area contributed by atoms with E-state index in [9.17, 15) is 0 Å². The van der Waals surface area contributed by atoms with Gasteiger partial charge in [0.1, 0.15) is 11.9 Å². The molecule has 1 N–H and O–H groups in total. The van der Waals surface area contributed by atoms with E-state index in [1.54, 1.807) is 6.20 Å². The number of hydrogen-bond donors (Lipinski definition) is 1. The van der Waals surface area contributed by atoms with Crippen molar-refractivity contribution in [1.82, 2.24) is 4.98 Å². The van der Waals surface area contributed by atoms with Gasteiger partial charge < -0.3 is 5.32 Å². The molecule has 0 saturated heterocycles. The fourth-order valence-corrected chi connectivity index (χ4v) is 1.75. The minimum atomic E-state index is 0.00197. The highest BCUT2D eigenvalue weighted by molar-refractivity contribution is 5.49. The third kappa shape index (κ3) is 2.52. The SMILES string of the molecule is CC(C)(C)Nc1cc(C2CC2)c(C#N)cn1. The van der Waals surface area contributed by atoms with Gasteiger partial charge in [-0.05, 0) is 51.2 Å². The van der Waals surface area contributed by atoms with Gasteiger partial charge in [-0.25, -0.2) is 4.98 Å². The zero-order valence-electron chi connectivity index (χ0n) is 10.0. The van der Waals surface area contributed by atoms with E-state index in [1.165, 1.54) is 12.8 Å². The Morgan fingerprint density at radius 2 is 2.12 bits per heavy atom. The summed E-state index contributed by atoms with van der Waals surface area (Å²) in [5.74, 6) is 1.45. The van der Waals surface area contributed by atoms with Crippen molar-refractivity contribution in [3.05, 3.63) is 23.4 Å². The van der Waals surface area contributed by atoms with Crippen LogP contribution in [0, 0.1) is 11.3 Å². The lowest BCUT2D eigenvalue weighted by Gasteiger charge is -2.21. The number of rotatable bonds is 2. The summed E-state index contributed by atoms with van der Waals surface area (Å²) in [4.78, 5) is 4.27. The zero-order valence-corrected chi connectivity index (χ0v) is 10.0. The molecule has 0 spiro atoms. The molecule has 0 aromatic carbocycles. The van der Waals surface area contributed by atoms with Gasteiger partial charge in [0.25, 0.3) is 0 Å². The Kier molecular flexibility index (Phi) is 2.59. The molecule has 1 heterocycles. The van der Waals surface area contributed by atoms with Crippen LogP contribution >= 0.6 is 0 Å². The second-order valence-electron chi connectivity index (χ2n) is 5.42. The highest BCUT2D eigenvalue weighted by Crippen LogP contribution is 2.42. The quantitative estimate of drug-likeness (QED) is 0.824. The van der Waals surface area contributed by atoms with Crippen LogP contribution in [0.15, 0.2) is 12.3 Å². The topological polar surface area (TPSA) is 48.7 Å². The summed E-state index contributed by atoms with van der Waals surface area (Å²) in [5.41, 5.74) is 1.88. The molecule has 84 valence electrons. The summed E-state index contributed by atoms with van der Waals surface area (Å²) >= 11 is 0. The van der Waals surface area contributed by atoms with Gasteiger partial charge in [0.15, 0.2) is 0 Å². The summed E-state index contributed by atoms with van der Waals surface area (Å²) in [5, 5.41) is 12.3. The van der Waals surface area contributed by atoms with Crippen LogP contribution in [0.5, 0.6) is 0 Å². The maximum Gasteiger partial charge on any atom is 0.126 e. The molecule has 1 aromatic heterocycles. The van der Waals surface area contributed by atoms with Gasteiger partial charge in [0.05, 0.1) is 5.56 Å². The number of anilines is 1. The molecule has 2 rings (SSSR count). The van der Waals surface area contributed by atoms with Crippen molar-refractivity contribution in [2.24, 2.45) is 0 Å². The minimum Gasteiger partial charge on any atom is -0.365 e. The first-order valence-electron chi connectivity index (χ1n) is 5.68. The van der Waals surface area contributed by atoms with E-state index in [4.69, 9.17) is 5.26 Å². The van der Waals surface area contributed by atoms with Crippen molar-refractivity contribution in [2.45, 2.75) is 45.1 Å². The minimum absolute atomic E-state index is 0.00197. The third-order valence-corrected chi connectivity index (χ3v) is 2.58. The first kappa shape index (κ1) is 10.9. The van der Waals surface area contributed by atoms with Gasteiger partial charge in [-0.15, -0.1) is 0 Å². The molecule has 1 aliphatic carbocycles. The highest BCUT2D eigenvalue weighted by atomic mass is 15.0. The standard InChI is InChI=1S/C13H17N3/c1-13(2,3)16-12-6-11(9-4-5-9)10(7-14)8-15-12/h6,8-9H,4-5H2,1-3H3,(H,15,16). The summed E-state index contributed by atoms with van der Waals surface area (Å²) in [6.07, 6.45) is 4.09. The molecule has 1 aromatic rings. The van der Waals surface area contributed by atoms with E-state index < -0.39 is 0 Å². The van der Waals surface area contributed by atoms with E-state index in [1.807, 2.05) is 6.07 Å². The summed E-state index contributed by atoms with van der Waals surface area (Å²) in [6, 6.07) is 4.25. The van der Waals surface area contributed by atoms with E-state index >= 15 is 0 Å².